The number of nitrogens with zero attached hydrogens (tertiary/aromatic N) is 2. The lowest BCUT2D eigenvalue weighted by atomic mass is 10.1. The monoisotopic (exact) mass is 470 g/mol. The summed E-state index contributed by atoms with van der Waals surface area (Å²) in [6, 6.07) is 27.2. The van der Waals surface area contributed by atoms with Gasteiger partial charge in [-0.2, -0.15) is 5.10 Å². The van der Waals surface area contributed by atoms with Crippen LogP contribution in [0, 0.1) is 0 Å². The van der Waals surface area contributed by atoms with E-state index < -0.39 is 0 Å². The van der Waals surface area contributed by atoms with E-state index in [1.807, 2.05) is 84.9 Å². The van der Waals surface area contributed by atoms with Crippen LogP contribution in [-0.4, -0.2) is 21.1 Å². The Bertz CT molecular complexity index is 1430. The summed E-state index contributed by atoms with van der Waals surface area (Å²) in [4.78, 5) is 18.4. The molecule has 1 amide bonds. The number of amides is 1. The van der Waals surface area contributed by atoms with Gasteiger partial charge in [0.05, 0.1) is 28.7 Å². The average molecular weight is 471 g/mol. The predicted molar refractivity (Wildman–Crippen MR) is 135 cm³/mol. The van der Waals surface area contributed by atoms with Crippen molar-refractivity contribution in [1.29, 1.82) is 0 Å². The number of halogens is 1. The first-order valence-corrected chi connectivity index (χ1v) is 11.7. The van der Waals surface area contributed by atoms with Gasteiger partial charge in [-0.3, -0.25) is 14.9 Å². The highest BCUT2D eigenvalue weighted by atomic mass is 35.5. The highest BCUT2D eigenvalue weighted by molar-refractivity contribution is 7.98. The summed E-state index contributed by atoms with van der Waals surface area (Å²) in [5, 5.41) is 11.7. The van der Waals surface area contributed by atoms with Crippen LogP contribution in [0.25, 0.3) is 22.2 Å². The summed E-state index contributed by atoms with van der Waals surface area (Å²) in [6.45, 7) is 0. The van der Waals surface area contributed by atoms with Crippen molar-refractivity contribution in [2.45, 2.75) is 10.6 Å². The summed E-state index contributed by atoms with van der Waals surface area (Å²) in [7, 11) is 0. The summed E-state index contributed by atoms with van der Waals surface area (Å²) >= 11 is 7.95. The molecule has 0 aliphatic rings. The Labute approximate surface area is 200 Å². The minimum Gasteiger partial charge on any atom is -0.321 e. The number of aromatic nitrogens is 3. The lowest BCUT2D eigenvalue weighted by Gasteiger charge is -2.11. The van der Waals surface area contributed by atoms with E-state index in [0.29, 0.717) is 22.2 Å². The maximum Gasteiger partial charge on any atom is 0.256 e. The quantitative estimate of drug-likeness (QED) is 0.267. The smallest absolute Gasteiger partial charge is 0.256 e. The molecule has 0 spiro atoms. The van der Waals surface area contributed by atoms with Crippen LogP contribution in [0.2, 0.25) is 5.15 Å². The first-order chi connectivity index (χ1) is 16.2. The number of carbonyl (C=O) groups is 1. The van der Waals surface area contributed by atoms with Crippen LogP contribution in [0.3, 0.4) is 0 Å². The fourth-order valence-corrected chi connectivity index (χ4v) is 4.93. The molecule has 2 N–H and O–H groups in total. The van der Waals surface area contributed by atoms with Gasteiger partial charge < -0.3 is 5.32 Å². The minimum absolute atomic E-state index is 0.184. The molecule has 0 fully saturated rings. The number of para-hydroxylation sites is 1. The van der Waals surface area contributed by atoms with Gasteiger partial charge in [0.25, 0.3) is 5.91 Å². The first kappa shape index (κ1) is 21.2. The Morgan fingerprint density at radius 3 is 2.61 bits per heavy atom. The minimum atomic E-state index is -0.184. The molecule has 0 aliphatic heterocycles. The van der Waals surface area contributed by atoms with Crippen LogP contribution in [0.4, 0.5) is 5.69 Å². The van der Waals surface area contributed by atoms with E-state index in [2.05, 4.69) is 20.5 Å². The van der Waals surface area contributed by atoms with Gasteiger partial charge in [0.2, 0.25) is 0 Å². The van der Waals surface area contributed by atoms with E-state index in [0.717, 1.165) is 32.6 Å². The molecule has 0 bridgehead atoms. The van der Waals surface area contributed by atoms with Gasteiger partial charge in [-0.05, 0) is 24.3 Å². The fraction of sp³-hybridized carbons (Fsp3) is 0.0385. The lowest BCUT2D eigenvalue weighted by molar-refractivity contribution is 0.102. The van der Waals surface area contributed by atoms with E-state index in [1.165, 1.54) is 0 Å². The molecule has 3 aromatic carbocycles. The lowest BCUT2D eigenvalue weighted by Crippen LogP contribution is -2.13. The molecule has 7 heteroatoms. The second-order valence-electron chi connectivity index (χ2n) is 7.39. The largest absolute Gasteiger partial charge is 0.321 e. The zero-order chi connectivity index (χ0) is 22.6. The van der Waals surface area contributed by atoms with Gasteiger partial charge in [-0.1, -0.05) is 72.3 Å². The van der Waals surface area contributed by atoms with Crippen molar-refractivity contribution in [2.24, 2.45) is 0 Å². The maximum atomic E-state index is 13.1. The Hall–Kier alpha value is -3.61. The number of fused-ring (bicyclic) bond motifs is 1. The molecular formula is C26H19ClN4OS. The Balaban J connectivity index is 1.36. The summed E-state index contributed by atoms with van der Waals surface area (Å²) in [5.74, 6) is 0.387. The van der Waals surface area contributed by atoms with Crippen LogP contribution in [0.5, 0.6) is 0 Å². The number of anilines is 1. The van der Waals surface area contributed by atoms with Gasteiger partial charge in [-0.25, -0.2) is 0 Å². The van der Waals surface area contributed by atoms with E-state index >= 15 is 0 Å². The van der Waals surface area contributed by atoms with Crippen molar-refractivity contribution in [1.82, 2.24) is 15.2 Å². The molecule has 162 valence electrons. The van der Waals surface area contributed by atoms with Crippen molar-refractivity contribution in [3.8, 4) is 11.3 Å². The molecular weight excluding hydrogens is 452 g/mol. The molecule has 5 rings (SSSR count). The first-order valence-electron chi connectivity index (χ1n) is 10.3. The molecule has 0 atom stereocenters. The molecule has 2 heterocycles. The third-order valence-corrected chi connectivity index (χ3v) is 6.63. The van der Waals surface area contributed by atoms with Crippen molar-refractivity contribution in [3.05, 3.63) is 107 Å². The summed E-state index contributed by atoms with van der Waals surface area (Å²) in [6.07, 6.45) is 1.67. The second-order valence-corrected chi connectivity index (χ2v) is 8.78. The zero-order valence-corrected chi connectivity index (χ0v) is 19.0. The number of nitrogens with one attached hydrogen (secondary N) is 2. The predicted octanol–water partition coefficient (Wildman–Crippen LogP) is 6.82. The van der Waals surface area contributed by atoms with Crippen molar-refractivity contribution in [2.75, 3.05) is 5.32 Å². The van der Waals surface area contributed by atoms with E-state index in [-0.39, 0.29) is 5.91 Å². The standard InChI is InChI=1S/C26H19ClN4OS/c27-25-21(24(30-31-25)17-8-2-1-3-9-17)16-33-23-13-7-5-11-20(23)26(32)29-19-14-18-10-4-6-12-22(18)28-15-19/h1-15H,16H2,(H,29,32)(H,30,31). The maximum absolute atomic E-state index is 13.1. The van der Waals surface area contributed by atoms with Crippen LogP contribution < -0.4 is 5.32 Å². The van der Waals surface area contributed by atoms with Gasteiger partial charge in [0, 0.05) is 27.2 Å². The number of aromatic amines is 1. The molecule has 0 radical (unpaired) electrons. The zero-order valence-electron chi connectivity index (χ0n) is 17.5. The van der Waals surface area contributed by atoms with Gasteiger partial charge in [0.1, 0.15) is 5.15 Å². The molecule has 0 unspecified atom stereocenters. The van der Waals surface area contributed by atoms with Gasteiger partial charge in [-0.15, -0.1) is 11.8 Å². The molecule has 0 saturated heterocycles. The number of carbonyl (C=O) groups excluding carboxylic acids is 1. The van der Waals surface area contributed by atoms with Crippen molar-refractivity contribution < 1.29 is 4.79 Å². The highest BCUT2D eigenvalue weighted by Gasteiger charge is 2.17. The van der Waals surface area contributed by atoms with Crippen LogP contribution in [0.1, 0.15) is 15.9 Å². The third kappa shape index (κ3) is 4.62. The third-order valence-electron chi connectivity index (χ3n) is 5.22. The van der Waals surface area contributed by atoms with Crippen LogP contribution in [-0.2, 0) is 5.75 Å². The molecule has 5 nitrogen and oxygen atoms in total. The molecule has 0 saturated carbocycles. The van der Waals surface area contributed by atoms with Crippen LogP contribution >= 0.6 is 23.4 Å². The molecule has 5 aromatic rings. The molecule has 2 aromatic heterocycles. The Morgan fingerprint density at radius 2 is 1.73 bits per heavy atom. The Morgan fingerprint density at radius 1 is 0.970 bits per heavy atom. The SMILES string of the molecule is O=C(Nc1cnc2ccccc2c1)c1ccccc1SCc1c(-c2ccccc2)n[nH]c1Cl. The number of hydrogen-bond acceptors (Lipinski definition) is 4. The number of hydrogen-bond donors (Lipinski definition) is 2. The Kier molecular flexibility index (Phi) is 6.11. The highest BCUT2D eigenvalue weighted by Crippen LogP contribution is 2.34. The molecule has 33 heavy (non-hydrogen) atoms. The van der Waals surface area contributed by atoms with E-state index in [9.17, 15) is 4.79 Å². The normalized spacial score (nSPS) is 10.9. The van der Waals surface area contributed by atoms with Crippen LogP contribution in [0.15, 0.2) is 96.0 Å². The molecule has 0 aliphatic carbocycles. The summed E-state index contributed by atoms with van der Waals surface area (Å²) < 4.78 is 0. The fourth-order valence-electron chi connectivity index (χ4n) is 3.58. The van der Waals surface area contributed by atoms with E-state index in [1.54, 1.807) is 18.0 Å². The number of thioether (sulfide) groups is 1. The number of benzene rings is 3. The average Bonchev–Trinajstić information content (AvgIpc) is 3.23. The number of rotatable bonds is 6. The topological polar surface area (TPSA) is 70.7 Å². The van der Waals surface area contributed by atoms with Gasteiger partial charge in [0.15, 0.2) is 0 Å². The van der Waals surface area contributed by atoms with Crippen molar-refractivity contribution in [3.63, 3.8) is 0 Å². The van der Waals surface area contributed by atoms with Crippen molar-refractivity contribution >= 4 is 45.9 Å². The number of pyridine rings is 1. The number of H-pyrrole nitrogens is 1. The second kappa shape index (κ2) is 9.48. The summed E-state index contributed by atoms with van der Waals surface area (Å²) in [5.41, 5.74) is 4.85. The van der Waals surface area contributed by atoms with Gasteiger partial charge >= 0.3 is 0 Å². The van der Waals surface area contributed by atoms with E-state index in [4.69, 9.17) is 11.6 Å².